The first kappa shape index (κ1) is 20.1. The highest BCUT2D eigenvalue weighted by Crippen LogP contribution is 2.14. The van der Waals surface area contributed by atoms with Gasteiger partial charge in [-0.3, -0.25) is 28.1 Å². The largest absolute Gasteiger partial charge is 0.250 e. The number of hydrogen-bond acceptors (Lipinski definition) is 12. The Hall–Kier alpha value is -5.16. The van der Waals surface area contributed by atoms with Gasteiger partial charge in [0.2, 0.25) is 0 Å². The van der Waals surface area contributed by atoms with Gasteiger partial charge < -0.3 is 0 Å². The fourth-order valence-electron chi connectivity index (χ4n) is 5.53. The number of nitrogens with zero attached hydrogens (tertiary/aromatic N) is 18. The molecule has 6 aliphatic heterocycles. The Morgan fingerprint density at radius 2 is 0.683 bits per heavy atom. The van der Waals surface area contributed by atoms with Crippen LogP contribution in [0.1, 0.15) is 189 Å². The molecule has 0 N–H and O–H groups in total. The lowest BCUT2D eigenvalue weighted by Crippen LogP contribution is -2.01. The SMILES string of the molecule is [2H]C1([2H])CCC([2H])([2H])C([2H])([2H])c2ncnn21.[2H]C1([2H])CCC([2H])([2H])c2ncnn2C1.[2H]C1([2H])CCC([2H])([2H])n2ncnc2C1.[2H]C1([2H])CCn2ncnc2C([2H])([2H])C1.[2H]C1([2H])Cc2ncnn2CC([2H])([2H])C1.[2H]C1([2H])Cn2ncnc2C([2H])([2H])C([2H])([2H])C1. The van der Waals surface area contributed by atoms with Crippen molar-refractivity contribution in [1.29, 1.82) is 0 Å². The molecule has 60 heavy (non-hydrogen) atoms. The minimum atomic E-state index is -2.34. The second-order valence-corrected chi connectivity index (χ2v) is 12.6. The fourth-order valence-corrected chi connectivity index (χ4v) is 5.53. The Morgan fingerprint density at radius 3 is 1.32 bits per heavy atom. The van der Waals surface area contributed by atoms with Gasteiger partial charge in [0, 0.05) is 110 Å². The smallest absolute Gasteiger partial charge is 0.138 e. The summed E-state index contributed by atoms with van der Waals surface area (Å²) in [4.78, 5) is 22.9. The topological polar surface area (TPSA) is 184 Å². The monoisotopic (exact) mass is 851 g/mol. The van der Waals surface area contributed by atoms with Crippen molar-refractivity contribution >= 4 is 0 Å². The van der Waals surface area contributed by atoms with E-state index in [2.05, 4.69) is 60.5 Å². The van der Waals surface area contributed by atoms with E-state index in [9.17, 15) is 0 Å². The van der Waals surface area contributed by atoms with Gasteiger partial charge in [0.25, 0.3) is 0 Å². The van der Waals surface area contributed by atoms with E-state index in [0.29, 0.717) is 18.2 Å². The minimum Gasteiger partial charge on any atom is -0.250 e. The molecule has 0 radical (unpaired) electrons. The van der Waals surface area contributed by atoms with Crippen molar-refractivity contribution in [2.24, 2.45) is 0 Å². The van der Waals surface area contributed by atoms with Crippen LogP contribution < -0.4 is 0 Å². The quantitative estimate of drug-likeness (QED) is 0.173. The Balaban J connectivity index is 0.000000151. The molecule has 12 heterocycles. The summed E-state index contributed by atoms with van der Waals surface area (Å²) in [6.45, 7) is -3.13. The first-order chi connectivity index (χ1) is 39.9. The zero-order valence-electron chi connectivity index (χ0n) is 60.8. The number of fused-ring (bicyclic) bond motifs is 6. The van der Waals surface area contributed by atoms with Gasteiger partial charge in [0.05, 0.1) is 5.48 Å². The second kappa shape index (κ2) is 24.2. The molecular formula is C42H66N18. The van der Waals surface area contributed by atoms with Crippen molar-refractivity contribution in [3.8, 4) is 0 Å². The average Bonchev–Trinajstić information content (AvgIpc) is 1.78. The molecule has 0 unspecified atom stereocenters. The van der Waals surface area contributed by atoms with E-state index in [0.717, 1.165) is 22.0 Å². The molecule has 0 amide bonds. The van der Waals surface area contributed by atoms with Crippen LogP contribution >= 0.6 is 0 Å². The van der Waals surface area contributed by atoms with E-state index < -0.39 is 95.9 Å². The summed E-state index contributed by atoms with van der Waals surface area (Å²) in [7, 11) is 0. The summed E-state index contributed by atoms with van der Waals surface area (Å²) < 4.78 is 222. The van der Waals surface area contributed by atoms with Crippen molar-refractivity contribution in [1.82, 2.24) is 88.6 Å². The highest BCUT2D eigenvalue weighted by Gasteiger charge is 2.11. The van der Waals surface area contributed by atoms with Crippen LogP contribution in [-0.4, -0.2) is 88.6 Å². The maximum absolute atomic E-state index is 7.75. The molecule has 0 fully saturated rings. The van der Waals surface area contributed by atoms with Crippen molar-refractivity contribution in [2.45, 2.75) is 193 Å². The fraction of sp³-hybridized carbons (Fsp3) is 0.714. The highest BCUT2D eigenvalue weighted by molar-refractivity contribution is 4.90. The standard InChI is InChI=1S/6C7H11N3/c6*1-2-4-7-8-6-9-10(7)5-3-1/h6*6H,1-5H2/i2D2,4D2,5D2;2D2,3D2,4D2;3D2,4D2;2D2,5D2;2D2,3D2;1D2,4D2. The van der Waals surface area contributed by atoms with Crippen molar-refractivity contribution in [2.75, 3.05) is 0 Å². The van der Waals surface area contributed by atoms with Crippen LogP contribution in [-0.2, 0) is 77.5 Å². The lowest BCUT2D eigenvalue weighted by molar-refractivity contribution is 0.575. The molecule has 12 rings (SSSR count). The van der Waals surface area contributed by atoms with Gasteiger partial charge in [-0.2, -0.15) is 30.6 Å². The number of aromatic nitrogens is 18. The predicted octanol–water partition coefficient (Wildman–Crippen LogP) is 6.03. The van der Waals surface area contributed by atoms with Crippen molar-refractivity contribution in [3.05, 3.63) is 72.9 Å². The van der Waals surface area contributed by atoms with Crippen LogP contribution in [0, 0.1) is 0 Å². The Kier molecular flexibility index (Phi) is 8.12. The molecule has 0 bridgehead atoms. The van der Waals surface area contributed by atoms with Gasteiger partial charge in [-0.15, -0.1) is 0 Å². The zero-order valence-corrected chi connectivity index (χ0v) is 32.8. The lowest BCUT2D eigenvalue weighted by atomic mass is 10.2. The van der Waals surface area contributed by atoms with E-state index in [1.165, 1.54) is 44.0 Å². The number of aryl methyl sites for hydroxylation is 12. The third kappa shape index (κ3) is 13.4. The summed E-state index contributed by atoms with van der Waals surface area (Å²) >= 11 is 0. The molecule has 6 aromatic rings. The maximum atomic E-state index is 7.75. The molecule has 0 aromatic carbocycles. The van der Waals surface area contributed by atoms with Gasteiger partial charge in [0.15, 0.2) is 0 Å². The zero-order chi connectivity index (χ0) is 66.0. The molecule has 6 aliphatic rings. The second-order valence-electron chi connectivity index (χ2n) is 12.6. The van der Waals surface area contributed by atoms with E-state index in [4.69, 9.17) is 38.4 Å². The van der Waals surface area contributed by atoms with E-state index in [1.807, 2.05) is 0 Å². The molecule has 6 aromatic heterocycles. The normalized spacial score (nSPS) is 36.7. The molecule has 18 heteroatoms. The molecule has 18 nitrogen and oxygen atoms in total. The van der Waals surface area contributed by atoms with E-state index in [-0.39, 0.29) is 114 Å². The van der Waals surface area contributed by atoms with Crippen molar-refractivity contribution < 1.29 is 38.4 Å². The molecular weight excluding hydrogens is 757 g/mol. The highest BCUT2D eigenvalue weighted by atomic mass is 15.4. The first-order valence-corrected chi connectivity index (χ1v) is 19.3. The van der Waals surface area contributed by atoms with Crippen LogP contribution in [0.3, 0.4) is 0 Å². The van der Waals surface area contributed by atoms with Crippen LogP contribution in [0.2, 0.25) is 0 Å². The molecule has 0 spiro atoms. The predicted molar refractivity (Wildman–Crippen MR) is 225 cm³/mol. The molecule has 0 saturated heterocycles. The average molecular weight is 851 g/mol. The lowest BCUT2D eigenvalue weighted by Gasteiger charge is -1.96. The third-order valence-corrected chi connectivity index (χ3v) is 8.45. The van der Waals surface area contributed by atoms with Crippen LogP contribution in [0.15, 0.2) is 38.0 Å². The number of rotatable bonds is 0. The molecule has 0 saturated carbocycles. The minimum absolute atomic E-state index is 0.0852. The molecule has 0 aliphatic carbocycles. The summed E-state index contributed by atoms with van der Waals surface area (Å²) in [5.74, 6) is 0.936. The summed E-state index contributed by atoms with van der Waals surface area (Å²) in [5, 5.41) is 22.8. The Bertz CT molecular complexity index is 3220. The summed E-state index contributed by atoms with van der Waals surface area (Å²) in [6, 6.07) is 0. The van der Waals surface area contributed by atoms with Gasteiger partial charge in [-0.05, 0) is 76.7 Å². The third-order valence-electron chi connectivity index (χ3n) is 8.45. The van der Waals surface area contributed by atoms with Crippen LogP contribution in [0.4, 0.5) is 0 Å². The van der Waals surface area contributed by atoms with Crippen LogP contribution in [0.5, 0.6) is 0 Å². The molecule has 0 atom stereocenters. The maximum Gasteiger partial charge on any atom is 0.138 e. The van der Waals surface area contributed by atoms with E-state index in [1.54, 1.807) is 0 Å². The molecule has 324 valence electrons. The first-order valence-electron chi connectivity index (χ1n) is 33.3. The summed E-state index contributed by atoms with van der Waals surface area (Å²) in [6.07, 6.45) is -14.1. The number of hydrogen-bond donors (Lipinski definition) is 0. The van der Waals surface area contributed by atoms with Gasteiger partial charge in [-0.1, -0.05) is 38.5 Å². The summed E-state index contributed by atoms with van der Waals surface area (Å²) in [5.41, 5.74) is 0. The van der Waals surface area contributed by atoms with Gasteiger partial charge in [0.1, 0.15) is 72.9 Å². The van der Waals surface area contributed by atoms with Gasteiger partial charge >= 0.3 is 0 Å². The Labute approximate surface area is 393 Å². The van der Waals surface area contributed by atoms with Crippen molar-refractivity contribution in [3.63, 3.8) is 0 Å². The van der Waals surface area contributed by atoms with Gasteiger partial charge in [-0.25, -0.2) is 29.9 Å². The van der Waals surface area contributed by atoms with Crippen LogP contribution in [0.25, 0.3) is 0 Å². The Morgan fingerprint density at radius 1 is 0.300 bits per heavy atom. The van der Waals surface area contributed by atoms with E-state index >= 15 is 0 Å².